The minimum atomic E-state index is -0.0389. The molecule has 2 saturated carbocycles. The van der Waals surface area contributed by atoms with Crippen LogP contribution in [0.3, 0.4) is 0 Å². The molecular formula is C24H42O2. The van der Waals surface area contributed by atoms with Gasteiger partial charge in [-0.25, -0.2) is 0 Å². The van der Waals surface area contributed by atoms with Gasteiger partial charge in [0.2, 0.25) is 0 Å². The highest BCUT2D eigenvalue weighted by Crippen LogP contribution is 2.43. The van der Waals surface area contributed by atoms with Gasteiger partial charge in [-0.05, 0) is 87.9 Å². The largest absolute Gasteiger partial charge is 0.469 e. The number of methoxy groups -OCH3 is 1. The number of ether oxygens (including phenoxy) is 1. The summed E-state index contributed by atoms with van der Waals surface area (Å²) in [6, 6.07) is 0. The predicted molar refractivity (Wildman–Crippen MR) is 110 cm³/mol. The second kappa shape index (κ2) is 11.8. The molecule has 2 aliphatic carbocycles. The molecule has 0 radical (unpaired) electrons. The van der Waals surface area contributed by atoms with Crippen molar-refractivity contribution in [3.05, 3.63) is 12.2 Å². The van der Waals surface area contributed by atoms with Crippen LogP contribution in [0, 0.1) is 29.6 Å². The van der Waals surface area contributed by atoms with Crippen LogP contribution in [-0.4, -0.2) is 13.1 Å². The van der Waals surface area contributed by atoms with E-state index in [0.29, 0.717) is 6.42 Å². The standard InChI is InChI=1S/C24H42O2/c1-4-8-19-14-15-23(18-19)22(12-7-13-24(25)26-3)17-16-21-11-6-10-20(21)9-5-2/h5,9,19-23H,4,6-8,10-18H2,1-3H3/t19?,20-,21+,22?,23?/m0/s1. The molecule has 0 aromatic carbocycles. The zero-order chi connectivity index (χ0) is 18.8. The minimum absolute atomic E-state index is 0.0389. The maximum absolute atomic E-state index is 11.5. The highest BCUT2D eigenvalue weighted by Gasteiger charge is 2.32. The molecule has 3 unspecified atom stereocenters. The number of esters is 1. The highest BCUT2D eigenvalue weighted by molar-refractivity contribution is 5.68. The summed E-state index contributed by atoms with van der Waals surface area (Å²) in [5.41, 5.74) is 0. The molecule has 0 aromatic rings. The van der Waals surface area contributed by atoms with E-state index >= 15 is 0 Å². The van der Waals surface area contributed by atoms with E-state index in [0.717, 1.165) is 36.0 Å². The lowest BCUT2D eigenvalue weighted by atomic mass is 9.79. The van der Waals surface area contributed by atoms with E-state index in [1.165, 1.54) is 77.7 Å². The molecule has 2 rings (SSSR count). The molecule has 2 heteroatoms. The molecule has 5 atom stereocenters. The number of hydrogen-bond donors (Lipinski definition) is 0. The summed E-state index contributed by atoms with van der Waals surface area (Å²) < 4.78 is 4.84. The summed E-state index contributed by atoms with van der Waals surface area (Å²) in [5.74, 6) is 4.40. The number of carbonyl (C=O) groups excluding carboxylic acids is 1. The molecule has 0 aliphatic heterocycles. The normalized spacial score (nSPS) is 30.1. The quantitative estimate of drug-likeness (QED) is 0.294. The first-order chi connectivity index (χ1) is 12.7. The van der Waals surface area contributed by atoms with Crippen molar-refractivity contribution in [3.63, 3.8) is 0 Å². The summed E-state index contributed by atoms with van der Waals surface area (Å²) >= 11 is 0. The molecule has 2 fully saturated rings. The van der Waals surface area contributed by atoms with Crippen LogP contribution in [0.25, 0.3) is 0 Å². The SMILES string of the molecule is CC=C[C@H]1CCC[C@@H]1CCC(CCCC(=O)OC)C1CCC(CCC)C1. The Kier molecular flexibility index (Phi) is 9.78. The third-order valence-electron chi connectivity index (χ3n) is 7.19. The van der Waals surface area contributed by atoms with E-state index < -0.39 is 0 Å². The van der Waals surface area contributed by atoms with Crippen LogP contribution in [0.5, 0.6) is 0 Å². The first kappa shape index (κ1) is 21.5. The zero-order valence-corrected chi connectivity index (χ0v) is 17.6. The first-order valence-corrected chi connectivity index (χ1v) is 11.4. The molecule has 0 aromatic heterocycles. The third-order valence-corrected chi connectivity index (χ3v) is 7.19. The molecule has 2 nitrogen and oxygen atoms in total. The van der Waals surface area contributed by atoms with Crippen molar-refractivity contribution >= 4 is 5.97 Å². The summed E-state index contributed by atoms with van der Waals surface area (Å²) in [6.45, 7) is 4.49. The summed E-state index contributed by atoms with van der Waals surface area (Å²) in [6.07, 6.45) is 21.6. The monoisotopic (exact) mass is 362 g/mol. The second-order valence-electron chi connectivity index (χ2n) is 8.91. The molecule has 0 saturated heterocycles. The van der Waals surface area contributed by atoms with Crippen molar-refractivity contribution in [2.75, 3.05) is 7.11 Å². The average Bonchev–Trinajstić information content (AvgIpc) is 3.28. The Labute approximate surface area is 162 Å². The van der Waals surface area contributed by atoms with Crippen LogP contribution in [0.15, 0.2) is 12.2 Å². The van der Waals surface area contributed by atoms with Crippen molar-refractivity contribution in [1.82, 2.24) is 0 Å². The lowest BCUT2D eigenvalue weighted by molar-refractivity contribution is -0.140. The fourth-order valence-electron chi connectivity index (χ4n) is 5.79. The molecule has 26 heavy (non-hydrogen) atoms. The second-order valence-corrected chi connectivity index (χ2v) is 8.91. The third kappa shape index (κ3) is 6.74. The van der Waals surface area contributed by atoms with Crippen LogP contribution < -0.4 is 0 Å². The van der Waals surface area contributed by atoms with Gasteiger partial charge in [0.15, 0.2) is 0 Å². The summed E-state index contributed by atoms with van der Waals surface area (Å²) in [5, 5.41) is 0. The van der Waals surface area contributed by atoms with Crippen molar-refractivity contribution in [2.24, 2.45) is 29.6 Å². The predicted octanol–water partition coefficient (Wildman–Crippen LogP) is 6.93. The number of hydrogen-bond acceptors (Lipinski definition) is 2. The number of carbonyl (C=O) groups is 1. The van der Waals surface area contributed by atoms with E-state index in [1.54, 1.807) is 0 Å². The fourth-order valence-corrected chi connectivity index (χ4v) is 5.79. The smallest absolute Gasteiger partial charge is 0.305 e. The lowest BCUT2D eigenvalue weighted by Gasteiger charge is -2.26. The average molecular weight is 363 g/mol. The van der Waals surface area contributed by atoms with Crippen LogP contribution in [0.2, 0.25) is 0 Å². The van der Waals surface area contributed by atoms with Gasteiger partial charge in [0.05, 0.1) is 7.11 Å². The topological polar surface area (TPSA) is 26.3 Å². The Morgan fingerprint density at radius 2 is 2.00 bits per heavy atom. The van der Waals surface area contributed by atoms with Gasteiger partial charge in [-0.2, -0.15) is 0 Å². The molecule has 0 N–H and O–H groups in total. The molecular weight excluding hydrogens is 320 g/mol. The maximum Gasteiger partial charge on any atom is 0.305 e. The molecule has 0 bridgehead atoms. The molecule has 0 heterocycles. The Morgan fingerprint density at radius 3 is 2.73 bits per heavy atom. The van der Waals surface area contributed by atoms with Gasteiger partial charge in [0, 0.05) is 6.42 Å². The van der Waals surface area contributed by atoms with Gasteiger partial charge < -0.3 is 4.74 Å². The van der Waals surface area contributed by atoms with Crippen molar-refractivity contribution in [1.29, 1.82) is 0 Å². The molecule has 0 amide bonds. The highest BCUT2D eigenvalue weighted by atomic mass is 16.5. The van der Waals surface area contributed by atoms with Crippen LogP contribution >= 0.6 is 0 Å². The van der Waals surface area contributed by atoms with Gasteiger partial charge >= 0.3 is 5.97 Å². The van der Waals surface area contributed by atoms with Gasteiger partial charge in [-0.1, -0.05) is 44.8 Å². The molecule has 0 spiro atoms. The van der Waals surface area contributed by atoms with Crippen LogP contribution in [0.4, 0.5) is 0 Å². The van der Waals surface area contributed by atoms with Crippen molar-refractivity contribution < 1.29 is 9.53 Å². The van der Waals surface area contributed by atoms with Crippen molar-refractivity contribution in [2.45, 2.75) is 97.3 Å². The molecule has 150 valence electrons. The minimum Gasteiger partial charge on any atom is -0.469 e. The summed E-state index contributed by atoms with van der Waals surface area (Å²) in [4.78, 5) is 11.5. The molecule has 2 aliphatic rings. The number of allylic oxidation sites excluding steroid dienone is 2. The lowest BCUT2D eigenvalue weighted by Crippen LogP contribution is -2.16. The fraction of sp³-hybridized carbons (Fsp3) is 0.875. The Morgan fingerprint density at radius 1 is 1.15 bits per heavy atom. The maximum atomic E-state index is 11.5. The van der Waals surface area contributed by atoms with E-state index in [1.807, 2.05) is 0 Å². The number of rotatable bonds is 11. The van der Waals surface area contributed by atoms with Crippen LogP contribution in [-0.2, 0) is 9.53 Å². The first-order valence-electron chi connectivity index (χ1n) is 11.4. The zero-order valence-electron chi connectivity index (χ0n) is 17.6. The van der Waals surface area contributed by atoms with Gasteiger partial charge in [-0.15, -0.1) is 0 Å². The Hall–Kier alpha value is -0.790. The van der Waals surface area contributed by atoms with E-state index in [4.69, 9.17) is 4.74 Å². The van der Waals surface area contributed by atoms with Gasteiger partial charge in [0.25, 0.3) is 0 Å². The van der Waals surface area contributed by atoms with Crippen LogP contribution in [0.1, 0.15) is 97.3 Å². The van der Waals surface area contributed by atoms with Gasteiger partial charge in [-0.3, -0.25) is 4.79 Å². The Bertz CT molecular complexity index is 428. The van der Waals surface area contributed by atoms with Gasteiger partial charge in [0.1, 0.15) is 0 Å². The Balaban J connectivity index is 1.86. The van der Waals surface area contributed by atoms with E-state index in [2.05, 4.69) is 26.0 Å². The van der Waals surface area contributed by atoms with E-state index in [9.17, 15) is 4.79 Å². The van der Waals surface area contributed by atoms with Crippen molar-refractivity contribution in [3.8, 4) is 0 Å². The van der Waals surface area contributed by atoms with E-state index in [-0.39, 0.29) is 5.97 Å². The summed E-state index contributed by atoms with van der Waals surface area (Å²) in [7, 11) is 1.51.